The molecule has 0 saturated heterocycles. The van der Waals surface area contributed by atoms with Crippen LogP contribution in [0.15, 0.2) is 48.8 Å². The minimum Gasteiger partial charge on any atom is -0.479 e. The molecule has 0 saturated carbocycles. The van der Waals surface area contributed by atoms with Crippen LogP contribution in [-0.2, 0) is 9.53 Å². The fraction of sp³-hybridized carbons (Fsp3) is 0.375. The number of benzene rings is 2. The monoisotopic (exact) mass is 407 g/mol. The van der Waals surface area contributed by atoms with Gasteiger partial charge in [0.2, 0.25) is 0 Å². The van der Waals surface area contributed by atoms with Gasteiger partial charge in [0, 0.05) is 11.9 Å². The molecule has 1 atom stereocenters. The number of rotatable bonds is 9. The maximum atomic E-state index is 11.7. The Morgan fingerprint density at radius 2 is 1.77 bits per heavy atom. The average molecular weight is 408 g/mol. The lowest BCUT2D eigenvalue weighted by atomic mass is 10.0. The normalized spacial score (nSPS) is 12.0. The van der Waals surface area contributed by atoms with Gasteiger partial charge < -0.3 is 14.8 Å². The molecule has 6 nitrogen and oxygen atoms in total. The Kier molecular flexibility index (Phi) is 7.22. The molecule has 1 heterocycles. The van der Waals surface area contributed by atoms with Crippen molar-refractivity contribution in [2.24, 2.45) is 5.92 Å². The lowest BCUT2D eigenvalue weighted by molar-refractivity contribution is -0.150. The van der Waals surface area contributed by atoms with E-state index >= 15 is 0 Å². The molecule has 0 spiro atoms. The lowest BCUT2D eigenvalue weighted by Crippen LogP contribution is -2.25. The van der Waals surface area contributed by atoms with Gasteiger partial charge in [-0.25, -0.2) is 14.8 Å². The first-order chi connectivity index (χ1) is 14.5. The van der Waals surface area contributed by atoms with Crippen LogP contribution < -0.4 is 10.1 Å². The maximum absolute atomic E-state index is 11.7. The Balaban J connectivity index is 1.78. The summed E-state index contributed by atoms with van der Waals surface area (Å²) >= 11 is 0. The number of anilines is 1. The zero-order chi connectivity index (χ0) is 21.5. The molecule has 0 amide bonds. The summed E-state index contributed by atoms with van der Waals surface area (Å²) in [6, 6.07) is 13.8. The van der Waals surface area contributed by atoms with Crippen molar-refractivity contribution >= 4 is 22.7 Å². The fourth-order valence-corrected chi connectivity index (χ4v) is 3.09. The van der Waals surface area contributed by atoms with Crippen molar-refractivity contribution in [2.45, 2.75) is 40.2 Å². The van der Waals surface area contributed by atoms with Crippen LogP contribution in [0.4, 0.5) is 5.82 Å². The van der Waals surface area contributed by atoms with Gasteiger partial charge >= 0.3 is 5.97 Å². The van der Waals surface area contributed by atoms with E-state index < -0.39 is 6.10 Å². The highest BCUT2D eigenvalue weighted by Gasteiger charge is 2.15. The summed E-state index contributed by atoms with van der Waals surface area (Å²) in [6.45, 7) is 9.09. The SMILES string of the molecule is CCOC(=O)C(C)Oc1ccc(-c2ccc3ncnc(NCCC(C)C)c3c2)cc1. The molecule has 1 unspecified atom stereocenters. The second-order valence-corrected chi connectivity index (χ2v) is 7.60. The van der Waals surface area contributed by atoms with Crippen LogP contribution in [0.3, 0.4) is 0 Å². The van der Waals surface area contributed by atoms with Gasteiger partial charge in [0.15, 0.2) is 6.10 Å². The Hall–Kier alpha value is -3.15. The molecule has 0 fully saturated rings. The highest BCUT2D eigenvalue weighted by molar-refractivity contribution is 5.92. The van der Waals surface area contributed by atoms with Crippen molar-refractivity contribution in [3.63, 3.8) is 0 Å². The van der Waals surface area contributed by atoms with E-state index in [4.69, 9.17) is 9.47 Å². The van der Waals surface area contributed by atoms with Gasteiger partial charge in [-0.1, -0.05) is 32.0 Å². The Bertz CT molecular complexity index is 987. The summed E-state index contributed by atoms with van der Waals surface area (Å²) in [5.41, 5.74) is 3.02. The number of hydrogen-bond donors (Lipinski definition) is 1. The average Bonchev–Trinajstić information content (AvgIpc) is 2.74. The van der Waals surface area contributed by atoms with E-state index in [1.54, 1.807) is 20.2 Å². The van der Waals surface area contributed by atoms with Crippen LogP contribution in [-0.4, -0.2) is 35.2 Å². The van der Waals surface area contributed by atoms with E-state index in [-0.39, 0.29) is 5.97 Å². The third-order valence-corrected chi connectivity index (χ3v) is 4.77. The molecule has 6 heteroatoms. The zero-order valence-electron chi connectivity index (χ0n) is 18.0. The molecule has 0 aliphatic rings. The Labute approximate surface area is 177 Å². The van der Waals surface area contributed by atoms with Crippen molar-refractivity contribution < 1.29 is 14.3 Å². The molecule has 3 rings (SSSR count). The second-order valence-electron chi connectivity index (χ2n) is 7.60. The van der Waals surface area contributed by atoms with Crippen molar-refractivity contribution in [3.05, 3.63) is 48.8 Å². The quantitative estimate of drug-likeness (QED) is 0.498. The van der Waals surface area contributed by atoms with E-state index in [9.17, 15) is 4.79 Å². The first-order valence-corrected chi connectivity index (χ1v) is 10.4. The predicted octanol–water partition coefficient (Wildman–Crippen LogP) is 5.09. The number of nitrogens with zero attached hydrogens (tertiary/aromatic N) is 2. The van der Waals surface area contributed by atoms with Gasteiger partial charge in [-0.15, -0.1) is 0 Å². The molecule has 0 aliphatic carbocycles. The number of hydrogen-bond acceptors (Lipinski definition) is 6. The van der Waals surface area contributed by atoms with E-state index in [0.717, 1.165) is 40.8 Å². The second kappa shape index (κ2) is 10.1. The van der Waals surface area contributed by atoms with Crippen molar-refractivity contribution in [3.8, 4) is 16.9 Å². The van der Waals surface area contributed by atoms with Gasteiger partial charge in [-0.2, -0.15) is 0 Å². The van der Waals surface area contributed by atoms with Crippen LogP contribution in [0.2, 0.25) is 0 Å². The van der Waals surface area contributed by atoms with Gasteiger partial charge in [-0.05, 0) is 61.6 Å². The first kappa shape index (κ1) is 21.6. The summed E-state index contributed by atoms with van der Waals surface area (Å²) in [7, 11) is 0. The van der Waals surface area contributed by atoms with Crippen molar-refractivity contribution in [2.75, 3.05) is 18.5 Å². The third kappa shape index (κ3) is 5.47. The van der Waals surface area contributed by atoms with Crippen LogP contribution in [0.5, 0.6) is 5.75 Å². The molecule has 0 radical (unpaired) electrons. The topological polar surface area (TPSA) is 73.3 Å². The lowest BCUT2D eigenvalue weighted by Gasteiger charge is -2.14. The van der Waals surface area contributed by atoms with Crippen LogP contribution in [0, 0.1) is 5.92 Å². The molecule has 30 heavy (non-hydrogen) atoms. The smallest absolute Gasteiger partial charge is 0.347 e. The number of fused-ring (bicyclic) bond motifs is 1. The molecule has 0 aliphatic heterocycles. The number of carbonyl (C=O) groups is 1. The standard InChI is InChI=1S/C24H29N3O3/c1-5-29-24(28)17(4)30-20-9-6-18(7-10-20)19-8-11-22-21(14-19)23(27-15-26-22)25-13-12-16(2)3/h6-11,14-17H,5,12-13H2,1-4H3,(H,25,26,27). The molecule has 2 aromatic carbocycles. The van der Waals surface area contributed by atoms with Gasteiger partial charge in [0.25, 0.3) is 0 Å². The molecule has 1 N–H and O–H groups in total. The number of ether oxygens (including phenoxy) is 2. The summed E-state index contributed by atoms with van der Waals surface area (Å²) < 4.78 is 10.6. The highest BCUT2D eigenvalue weighted by atomic mass is 16.6. The minimum absolute atomic E-state index is 0.339. The molecule has 158 valence electrons. The van der Waals surface area contributed by atoms with Gasteiger partial charge in [-0.3, -0.25) is 0 Å². The first-order valence-electron chi connectivity index (χ1n) is 10.4. The Morgan fingerprint density at radius 3 is 2.47 bits per heavy atom. The molecule has 0 bridgehead atoms. The summed E-state index contributed by atoms with van der Waals surface area (Å²) in [6.07, 6.45) is 2.03. The highest BCUT2D eigenvalue weighted by Crippen LogP contribution is 2.28. The van der Waals surface area contributed by atoms with Crippen LogP contribution in [0.1, 0.15) is 34.1 Å². The third-order valence-electron chi connectivity index (χ3n) is 4.77. The molecular formula is C24H29N3O3. The fourth-order valence-electron chi connectivity index (χ4n) is 3.09. The summed E-state index contributed by atoms with van der Waals surface area (Å²) in [5.74, 6) is 1.74. The number of nitrogens with one attached hydrogen (secondary N) is 1. The van der Waals surface area contributed by atoms with Crippen molar-refractivity contribution in [1.82, 2.24) is 9.97 Å². The predicted molar refractivity (Wildman–Crippen MR) is 120 cm³/mol. The van der Waals surface area contributed by atoms with E-state index in [1.807, 2.05) is 36.4 Å². The zero-order valence-corrected chi connectivity index (χ0v) is 18.0. The van der Waals surface area contributed by atoms with Crippen LogP contribution in [0.25, 0.3) is 22.0 Å². The van der Waals surface area contributed by atoms with E-state index in [2.05, 4.69) is 35.2 Å². The maximum Gasteiger partial charge on any atom is 0.347 e. The van der Waals surface area contributed by atoms with Crippen LogP contribution >= 0.6 is 0 Å². The number of aromatic nitrogens is 2. The number of carbonyl (C=O) groups excluding carboxylic acids is 1. The molecule has 1 aromatic heterocycles. The summed E-state index contributed by atoms with van der Waals surface area (Å²) in [4.78, 5) is 20.6. The minimum atomic E-state index is -0.645. The van der Waals surface area contributed by atoms with E-state index in [0.29, 0.717) is 18.3 Å². The van der Waals surface area contributed by atoms with E-state index in [1.165, 1.54) is 0 Å². The summed E-state index contributed by atoms with van der Waals surface area (Å²) in [5, 5.41) is 4.43. The van der Waals surface area contributed by atoms with Gasteiger partial charge in [0.05, 0.1) is 12.1 Å². The largest absolute Gasteiger partial charge is 0.479 e. The Morgan fingerprint density at radius 1 is 1.03 bits per heavy atom. The molecular weight excluding hydrogens is 378 g/mol. The number of esters is 1. The van der Waals surface area contributed by atoms with Crippen molar-refractivity contribution in [1.29, 1.82) is 0 Å². The molecule has 3 aromatic rings. The van der Waals surface area contributed by atoms with Gasteiger partial charge in [0.1, 0.15) is 17.9 Å².